The number of rotatable bonds is 2. The molecular formula is C2H6N2O6P2. The van der Waals surface area contributed by atoms with E-state index in [1.165, 1.54) is 12.5 Å². The van der Waals surface area contributed by atoms with Gasteiger partial charge in [-0.05, 0) is 0 Å². The van der Waals surface area contributed by atoms with Gasteiger partial charge < -0.3 is 14.3 Å². The summed E-state index contributed by atoms with van der Waals surface area (Å²) in [5, 5.41) is 6.40. The molecule has 0 radical (unpaired) electrons. The highest BCUT2D eigenvalue weighted by molar-refractivity contribution is 7.46. The second kappa shape index (κ2) is 7.15. The monoisotopic (exact) mass is 216 g/mol. The predicted molar refractivity (Wildman–Crippen MR) is 37.8 cm³/mol. The smallest absolute Gasteiger partial charge is 0.323 e. The Bertz CT molecular complexity index is 206. The first-order chi connectivity index (χ1) is 5.63. The molecule has 0 fully saturated rings. The lowest BCUT2D eigenvalue weighted by Gasteiger charge is -1.86. The molecule has 2 N–H and O–H groups in total. The molecule has 1 aromatic rings. The van der Waals surface area contributed by atoms with E-state index in [0.717, 1.165) is 0 Å². The van der Waals surface area contributed by atoms with Crippen molar-refractivity contribution in [3.8, 4) is 0 Å². The zero-order valence-electron chi connectivity index (χ0n) is 5.58. The van der Waals surface area contributed by atoms with Gasteiger partial charge >= 0.3 is 16.5 Å². The lowest BCUT2D eigenvalue weighted by Crippen LogP contribution is -1.58. The summed E-state index contributed by atoms with van der Waals surface area (Å²) in [6.45, 7) is 0. The summed E-state index contributed by atoms with van der Waals surface area (Å²) in [6.07, 6.45) is 2.88. The second-order valence-corrected chi connectivity index (χ2v) is 3.10. The standard InChI is InChI=1S/C2H2N2O.H4O5P2/c1-2-5-4-3-1;1-6(2)5-7(3)4/h1-2H;6-7H,(H,1,2)(H,3,4). The van der Waals surface area contributed by atoms with Gasteiger partial charge in [-0.3, -0.25) is 9.13 Å². The van der Waals surface area contributed by atoms with Crippen LogP contribution in [0.4, 0.5) is 0 Å². The van der Waals surface area contributed by atoms with Gasteiger partial charge in [-0.1, -0.05) is 0 Å². The van der Waals surface area contributed by atoms with Crippen LogP contribution in [0.15, 0.2) is 17.0 Å². The van der Waals surface area contributed by atoms with Crippen LogP contribution < -0.4 is 0 Å². The topological polar surface area (TPSA) is 123 Å². The van der Waals surface area contributed by atoms with Crippen molar-refractivity contribution >= 4 is 16.5 Å². The van der Waals surface area contributed by atoms with Crippen molar-refractivity contribution in [1.29, 1.82) is 0 Å². The third-order valence-electron chi connectivity index (χ3n) is 0.457. The molecule has 0 saturated heterocycles. The molecular weight excluding hydrogens is 210 g/mol. The van der Waals surface area contributed by atoms with Gasteiger partial charge in [0.15, 0.2) is 0 Å². The summed E-state index contributed by atoms with van der Waals surface area (Å²) in [5.41, 5.74) is 0. The molecule has 0 aliphatic carbocycles. The molecule has 0 spiro atoms. The lowest BCUT2D eigenvalue weighted by molar-refractivity contribution is 0.371. The Morgan fingerprint density at radius 2 is 1.92 bits per heavy atom. The van der Waals surface area contributed by atoms with Crippen LogP contribution in [-0.2, 0) is 13.4 Å². The van der Waals surface area contributed by atoms with Crippen molar-refractivity contribution in [2.24, 2.45) is 0 Å². The molecule has 1 rings (SSSR count). The van der Waals surface area contributed by atoms with Crippen molar-refractivity contribution in [3.05, 3.63) is 12.5 Å². The van der Waals surface area contributed by atoms with Gasteiger partial charge in [-0.15, -0.1) is 5.10 Å². The lowest BCUT2D eigenvalue weighted by atomic mass is 11.0. The highest BCUT2D eigenvalue weighted by Crippen LogP contribution is 2.30. The Kier molecular flexibility index (Phi) is 6.84. The maximum atomic E-state index is 9.44. The molecule has 70 valence electrons. The van der Waals surface area contributed by atoms with Crippen LogP contribution >= 0.6 is 16.5 Å². The van der Waals surface area contributed by atoms with Crippen LogP contribution in [-0.4, -0.2) is 20.2 Å². The summed E-state index contributed by atoms with van der Waals surface area (Å²) in [4.78, 5) is 15.4. The largest absolute Gasteiger partial charge is 0.346 e. The SMILES string of the molecule is O=[PH](O)O[PH](=O)O.c1conn1. The molecule has 1 heterocycles. The summed E-state index contributed by atoms with van der Waals surface area (Å²) < 4.78 is 26.6. The zero-order chi connectivity index (χ0) is 9.40. The number of aromatic nitrogens is 2. The van der Waals surface area contributed by atoms with Crippen LogP contribution in [0.1, 0.15) is 0 Å². The van der Waals surface area contributed by atoms with E-state index in [-0.39, 0.29) is 0 Å². The van der Waals surface area contributed by atoms with Crippen LogP contribution in [0.25, 0.3) is 0 Å². The average molecular weight is 216 g/mol. The highest BCUT2D eigenvalue weighted by Gasteiger charge is 1.93. The molecule has 0 aromatic carbocycles. The van der Waals surface area contributed by atoms with Gasteiger partial charge in [0.25, 0.3) is 0 Å². The first-order valence-corrected chi connectivity index (χ1v) is 5.00. The normalized spacial score (nSPS) is 14.2. The minimum Gasteiger partial charge on any atom is -0.346 e. The summed E-state index contributed by atoms with van der Waals surface area (Å²) >= 11 is 0. The Hall–Kier alpha value is -0.520. The predicted octanol–water partition coefficient (Wildman–Crippen LogP) is -0.163. The third kappa shape index (κ3) is 9.48. The first kappa shape index (κ1) is 11.5. The van der Waals surface area contributed by atoms with E-state index in [1.807, 2.05) is 0 Å². The molecule has 0 aliphatic heterocycles. The molecule has 0 amide bonds. The molecule has 1 aromatic heterocycles. The Morgan fingerprint density at radius 3 is 2.00 bits per heavy atom. The van der Waals surface area contributed by atoms with Crippen molar-refractivity contribution in [3.63, 3.8) is 0 Å². The fourth-order valence-electron chi connectivity index (χ4n) is 0.211. The maximum Gasteiger partial charge on any atom is 0.323 e. The molecule has 0 bridgehead atoms. The summed E-state index contributed by atoms with van der Waals surface area (Å²) in [6, 6.07) is 0. The third-order valence-corrected chi connectivity index (χ3v) is 1.85. The summed E-state index contributed by atoms with van der Waals surface area (Å²) in [5.74, 6) is 0. The molecule has 10 heteroatoms. The van der Waals surface area contributed by atoms with Crippen LogP contribution in [0.5, 0.6) is 0 Å². The fraction of sp³-hybridized carbons (Fsp3) is 0. The fourth-order valence-corrected chi connectivity index (χ4v) is 0.808. The van der Waals surface area contributed by atoms with E-state index in [9.17, 15) is 9.13 Å². The number of hydrogen-bond donors (Lipinski definition) is 2. The van der Waals surface area contributed by atoms with Crippen LogP contribution in [0, 0.1) is 0 Å². The van der Waals surface area contributed by atoms with Gasteiger partial charge in [0.1, 0.15) is 6.26 Å². The Balaban J connectivity index is 0.000000211. The molecule has 0 saturated carbocycles. The van der Waals surface area contributed by atoms with E-state index in [0.29, 0.717) is 0 Å². The van der Waals surface area contributed by atoms with E-state index >= 15 is 0 Å². The van der Waals surface area contributed by atoms with Gasteiger partial charge in [-0.25, -0.2) is 4.31 Å². The highest BCUT2D eigenvalue weighted by atomic mass is 31.2. The van der Waals surface area contributed by atoms with Crippen molar-refractivity contribution in [1.82, 2.24) is 10.4 Å². The molecule has 0 aliphatic rings. The van der Waals surface area contributed by atoms with E-state index in [4.69, 9.17) is 9.79 Å². The molecule has 8 nitrogen and oxygen atoms in total. The van der Waals surface area contributed by atoms with Crippen LogP contribution in [0.2, 0.25) is 0 Å². The minimum absolute atomic E-state index is 1.40. The molecule has 2 unspecified atom stereocenters. The van der Waals surface area contributed by atoms with E-state index < -0.39 is 16.5 Å². The van der Waals surface area contributed by atoms with Gasteiger partial charge in [0, 0.05) is 5.27 Å². The van der Waals surface area contributed by atoms with Gasteiger partial charge in [0.2, 0.25) is 0 Å². The molecule has 2 atom stereocenters. The van der Waals surface area contributed by atoms with E-state index in [1.54, 1.807) is 0 Å². The Labute approximate surface area is 68.0 Å². The number of hydrogen-bond acceptors (Lipinski definition) is 6. The van der Waals surface area contributed by atoms with Crippen molar-refractivity contribution in [2.75, 3.05) is 0 Å². The van der Waals surface area contributed by atoms with Gasteiger partial charge in [-0.2, -0.15) is 0 Å². The van der Waals surface area contributed by atoms with Crippen molar-refractivity contribution < 1.29 is 27.8 Å². The Morgan fingerprint density at radius 1 is 1.33 bits per heavy atom. The van der Waals surface area contributed by atoms with Crippen LogP contribution in [0.3, 0.4) is 0 Å². The second-order valence-electron chi connectivity index (χ2n) is 1.22. The van der Waals surface area contributed by atoms with Gasteiger partial charge in [0.05, 0.1) is 6.20 Å². The van der Waals surface area contributed by atoms with E-state index in [2.05, 4.69) is 19.2 Å². The maximum absolute atomic E-state index is 9.44. The summed E-state index contributed by atoms with van der Waals surface area (Å²) in [7, 11) is -6.40. The zero-order valence-corrected chi connectivity index (χ0v) is 7.58. The minimum atomic E-state index is -3.20. The van der Waals surface area contributed by atoms with Crippen molar-refractivity contribution in [2.45, 2.75) is 0 Å². The first-order valence-electron chi connectivity index (χ1n) is 2.47. The number of nitrogens with zero attached hydrogens (tertiary/aromatic N) is 2. The quantitative estimate of drug-likeness (QED) is 0.653. The molecule has 12 heavy (non-hydrogen) atoms. The average Bonchev–Trinajstić information content (AvgIpc) is 2.36.